The van der Waals surface area contributed by atoms with E-state index in [1.54, 1.807) is 11.3 Å². The lowest BCUT2D eigenvalue weighted by Crippen LogP contribution is -2.33. The fourth-order valence-electron chi connectivity index (χ4n) is 2.47. The van der Waals surface area contributed by atoms with Gasteiger partial charge in [0.2, 0.25) is 0 Å². The summed E-state index contributed by atoms with van der Waals surface area (Å²) >= 11 is 1.68. The quantitative estimate of drug-likeness (QED) is 0.892. The van der Waals surface area contributed by atoms with Crippen LogP contribution >= 0.6 is 11.3 Å². The molecule has 1 N–H and O–H groups in total. The third-order valence-electron chi connectivity index (χ3n) is 3.47. The highest BCUT2D eigenvalue weighted by atomic mass is 32.1. The molecule has 0 amide bonds. The van der Waals surface area contributed by atoms with Gasteiger partial charge in [0.25, 0.3) is 0 Å². The summed E-state index contributed by atoms with van der Waals surface area (Å²) < 4.78 is 0. The smallest absolute Gasteiger partial charge is 0.303 e. The zero-order valence-corrected chi connectivity index (χ0v) is 11.6. The van der Waals surface area contributed by atoms with Crippen LogP contribution in [0.2, 0.25) is 0 Å². The lowest BCUT2D eigenvalue weighted by atomic mass is 10.0. The molecule has 5 heteroatoms. The molecule has 1 aromatic heterocycles. The largest absolute Gasteiger partial charge is 0.481 e. The van der Waals surface area contributed by atoms with E-state index in [-0.39, 0.29) is 6.42 Å². The molecule has 1 unspecified atom stereocenters. The SMILES string of the molecule is CCN1CCCCC1c1nc(CCC(=O)O)cs1. The zero-order valence-electron chi connectivity index (χ0n) is 10.8. The third kappa shape index (κ3) is 3.29. The van der Waals surface area contributed by atoms with E-state index in [2.05, 4.69) is 16.8 Å². The van der Waals surface area contributed by atoms with Crippen molar-refractivity contribution in [3.8, 4) is 0 Å². The van der Waals surface area contributed by atoms with Crippen molar-refractivity contribution in [2.45, 2.75) is 45.1 Å². The highest BCUT2D eigenvalue weighted by molar-refractivity contribution is 7.09. The van der Waals surface area contributed by atoms with Crippen LogP contribution in [-0.2, 0) is 11.2 Å². The number of aromatic nitrogens is 1. The molecule has 4 nitrogen and oxygen atoms in total. The van der Waals surface area contributed by atoms with Gasteiger partial charge in [0, 0.05) is 11.8 Å². The topological polar surface area (TPSA) is 53.4 Å². The van der Waals surface area contributed by atoms with E-state index in [0.717, 1.165) is 23.8 Å². The maximum Gasteiger partial charge on any atom is 0.303 e. The molecule has 100 valence electrons. The molecule has 2 rings (SSSR count). The van der Waals surface area contributed by atoms with Gasteiger partial charge in [-0.25, -0.2) is 4.98 Å². The summed E-state index contributed by atoms with van der Waals surface area (Å²) in [5.41, 5.74) is 0.930. The number of carboxylic acid groups (broad SMARTS) is 1. The maximum atomic E-state index is 10.5. The minimum Gasteiger partial charge on any atom is -0.481 e. The molecule has 1 aliphatic rings. The molecule has 1 aromatic rings. The van der Waals surface area contributed by atoms with E-state index >= 15 is 0 Å². The molecule has 0 saturated carbocycles. The van der Waals surface area contributed by atoms with Gasteiger partial charge in [-0.05, 0) is 25.9 Å². The average Bonchev–Trinajstić information content (AvgIpc) is 2.85. The maximum absolute atomic E-state index is 10.5. The van der Waals surface area contributed by atoms with E-state index in [4.69, 9.17) is 5.11 Å². The van der Waals surface area contributed by atoms with Crippen molar-refractivity contribution in [2.75, 3.05) is 13.1 Å². The van der Waals surface area contributed by atoms with E-state index in [0.29, 0.717) is 12.5 Å². The summed E-state index contributed by atoms with van der Waals surface area (Å²) in [5, 5.41) is 11.9. The molecule has 0 spiro atoms. The number of carboxylic acids is 1. The molecule has 18 heavy (non-hydrogen) atoms. The predicted molar refractivity (Wildman–Crippen MR) is 71.9 cm³/mol. The van der Waals surface area contributed by atoms with E-state index in [1.165, 1.54) is 19.3 Å². The molecule has 1 atom stereocenters. The minimum atomic E-state index is -0.752. The van der Waals surface area contributed by atoms with Gasteiger partial charge in [-0.3, -0.25) is 9.69 Å². The lowest BCUT2D eigenvalue weighted by molar-refractivity contribution is -0.136. The van der Waals surface area contributed by atoms with Crippen molar-refractivity contribution < 1.29 is 9.90 Å². The molecule has 0 radical (unpaired) electrons. The van der Waals surface area contributed by atoms with Crippen LogP contribution < -0.4 is 0 Å². The van der Waals surface area contributed by atoms with Crippen molar-refractivity contribution in [1.82, 2.24) is 9.88 Å². The Hall–Kier alpha value is -0.940. The summed E-state index contributed by atoms with van der Waals surface area (Å²) in [5.74, 6) is -0.752. The summed E-state index contributed by atoms with van der Waals surface area (Å²) in [6, 6.07) is 0.451. The molecule has 1 saturated heterocycles. The molecule has 1 fully saturated rings. The van der Waals surface area contributed by atoms with Crippen LogP contribution in [0.5, 0.6) is 0 Å². The Morgan fingerprint density at radius 1 is 1.61 bits per heavy atom. The van der Waals surface area contributed by atoms with Gasteiger partial charge in [0.1, 0.15) is 5.01 Å². The van der Waals surface area contributed by atoms with E-state index < -0.39 is 5.97 Å². The van der Waals surface area contributed by atoms with Gasteiger partial charge < -0.3 is 5.11 Å². The number of aliphatic carboxylic acids is 1. The summed E-state index contributed by atoms with van der Waals surface area (Å²) in [6.45, 7) is 4.41. The first kappa shape index (κ1) is 13.5. The Morgan fingerprint density at radius 3 is 3.17 bits per heavy atom. The number of likely N-dealkylation sites (tertiary alicyclic amines) is 1. The summed E-state index contributed by atoms with van der Waals surface area (Å²) in [6.07, 6.45) is 4.45. The molecule has 0 bridgehead atoms. The number of piperidine rings is 1. The van der Waals surface area contributed by atoms with Crippen LogP contribution in [0.25, 0.3) is 0 Å². The van der Waals surface area contributed by atoms with Crippen LogP contribution in [0.4, 0.5) is 0 Å². The normalized spacial score (nSPS) is 21.1. The second kappa shape index (κ2) is 6.29. The minimum absolute atomic E-state index is 0.172. The van der Waals surface area contributed by atoms with Crippen LogP contribution in [0.1, 0.15) is 49.4 Å². The summed E-state index contributed by atoms with van der Waals surface area (Å²) in [4.78, 5) is 17.6. The van der Waals surface area contributed by atoms with Gasteiger partial charge in [-0.15, -0.1) is 11.3 Å². The van der Waals surface area contributed by atoms with Crippen molar-refractivity contribution in [1.29, 1.82) is 0 Å². The van der Waals surface area contributed by atoms with E-state index in [1.807, 2.05) is 5.38 Å². The van der Waals surface area contributed by atoms with Gasteiger partial charge >= 0.3 is 5.97 Å². The van der Waals surface area contributed by atoms with Gasteiger partial charge in [-0.2, -0.15) is 0 Å². The lowest BCUT2D eigenvalue weighted by Gasteiger charge is -2.33. The molecule has 0 aliphatic carbocycles. The van der Waals surface area contributed by atoms with Crippen molar-refractivity contribution >= 4 is 17.3 Å². The predicted octanol–water partition coefficient (Wildman–Crippen LogP) is 2.71. The Kier molecular flexibility index (Phi) is 4.72. The van der Waals surface area contributed by atoms with Crippen LogP contribution in [0.15, 0.2) is 5.38 Å². The fraction of sp³-hybridized carbons (Fsp3) is 0.692. The highest BCUT2D eigenvalue weighted by Crippen LogP contribution is 2.32. The van der Waals surface area contributed by atoms with Crippen LogP contribution in [0.3, 0.4) is 0 Å². The second-order valence-corrected chi connectivity index (χ2v) is 5.60. The zero-order chi connectivity index (χ0) is 13.0. The number of rotatable bonds is 5. The molecular weight excluding hydrogens is 248 g/mol. The third-order valence-corrected chi connectivity index (χ3v) is 4.46. The van der Waals surface area contributed by atoms with Crippen molar-refractivity contribution in [2.24, 2.45) is 0 Å². The molecule has 2 heterocycles. The van der Waals surface area contributed by atoms with Crippen molar-refractivity contribution in [3.05, 3.63) is 16.1 Å². The Morgan fingerprint density at radius 2 is 2.44 bits per heavy atom. The standard InChI is InChI=1S/C13H20N2O2S/c1-2-15-8-4-3-5-11(15)13-14-10(9-18-13)6-7-12(16)17/h9,11H,2-8H2,1H3,(H,16,17). The number of aryl methyl sites for hydroxylation is 1. The van der Waals surface area contributed by atoms with Crippen molar-refractivity contribution in [3.63, 3.8) is 0 Å². The number of carbonyl (C=O) groups is 1. The second-order valence-electron chi connectivity index (χ2n) is 4.71. The first-order valence-corrected chi connectivity index (χ1v) is 7.48. The first-order chi connectivity index (χ1) is 8.70. The van der Waals surface area contributed by atoms with Gasteiger partial charge in [0.15, 0.2) is 0 Å². The monoisotopic (exact) mass is 268 g/mol. The number of nitrogens with zero attached hydrogens (tertiary/aromatic N) is 2. The van der Waals surface area contributed by atoms with Gasteiger partial charge in [-0.1, -0.05) is 13.3 Å². The van der Waals surface area contributed by atoms with Crippen LogP contribution in [-0.4, -0.2) is 34.0 Å². The Labute approximate surface area is 112 Å². The number of thiazole rings is 1. The highest BCUT2D eigenvalue weighted by Gasteiger charge is 2.25. The first-order valence-electron chi connectivity index (χ1n) is 6.61. The number of hydrogen-bond acceptors (Lipinski definition) is 4. The van der Waals surface area contributed by atoms with Gasteiger partial charge in [0.05, 0.1) is 18.2 Å². The van der Waals surface area contributed by atoms with E-state index in [9.17, 15) is 4.79 Å². The Bertz CT molecular complexity index is 405. The molecule has 0 aromatic carbocycles. The Balaban J connectivity index is 2.01. The number of hydrogen-bond donors (Lipinski definition) is 1. The summed E-state index contributed by atoms with van der Waals surface area (Å²) in [7, 11) is 0. The molecule has 1 aliphatic heterocycles. The van der Waals surface area contributed by atoms with Crippen LogP contribution in [0, 0.1) is 0 Å². The molecular formula is C13H20N2O2S. The average molecular weight is 268 g/mol. The fourth-order valence-corrected chi connectivity index (χ4v) is 3.50.